The standard InChI is InChI=1S/C37H56O5/c1-7-11-12-13-14-15-23-36(41,8-2)24-22-30-16-17-31(25-28(30)5)37(9-3,10-4)32-18-20-34(29(6)26-32)42-27-33(38)19-21-35(39)40/h16-18,20,22,24-26,33,38,41H,7-15,19,21,23,27H2,1-6H3,(H,39,40)/t33-,36?/m0/s1. The summed E-state index contributed by atoms with van der Waals surface area (Å²) in [5.74, 6) is -0.217. The Kier molecular flexibility index (Phi) is 14.8. The van der Waals surface area contributed by atoms with Crippen LogP contribution in [0.15, 0.2) is 42.5 Å². The van der Waals surface area contributed by atoms with Gasteiger partial charge in [0, 0.05) is 11.8 Å². The molecule has 2 aromatic carbocycles. The summed E-state index contributed by atoms with van der Waals surface area (Å²) >= 11 is 0. The zero-order valence-electron chi connectivity index (χ0n) is 27.0. The van der Waals surface area contributed by atoms with Crippen molar-refractivity contribution in [2.75, 3.05) is 6.61 Å². The zero-order chi connectivity index (χ0) is 31.2. The summed E-state index contributed by atoms with van der Waals surface area (Å²) < 4.78 is 5.85. The lowest BCUT2D eigenvalue weighted by molar-refractivity contribution is -0.137. The number of carbonyl (C=O) groups is 1. The van der Waals surface area contributed by atoms with Crippen LogP contribution in [0.25, 0.3) is 6.08 Å². The van der Waals surface area contributed by atoms with Crippen LogP contribution in [0.3, 0.4) is 0 Å². The van der Waals surface area contributed by atoms with Crippen molar-refractivity contribution in [3.05, 3.63) is 70.3 Å². The Balaban J connectivity index is 2.19. The maximum atomic E-state index is 11.2. The Morgan fingerprint density at radius 1 is 0.881 bits per heavy atom. The highest BCUT2D eigenvalue weighted by atomic mass is 16.5. The van der Waals surface area contributed by atoms with E-state index in [1.54, 1.807) is 0 Å². The van der Waals surface area contributed by atoms with Gasteiger partial charge >= 0.3 is 5.97 Å². The summed E-state index contributed by atoms with van der Waals surface area (Å²) in [7, 11) is 0. The molecule has 0 radical (unpaired) electrons. The smallest absolute Gasteiger partial charge is 0.303 e. The fourth-order valence-electron chi connectivity index (χ4n) is 5.90. The predicted octanol–water partition coefficient (Wildman–Crippen LogP) is 8.92. The molecule has 0 heterocycles. The zero-order valence-corrected chi connectivity index (χ0v) is 27.0. The molecule has 2 rings (SSSR count). The van der Waals surface area contributed by atoms with Gasteiger partial charge < -0.3 is 20.1 Å². The van der Waals surface area contributed by atoms with Crippen molar-refractivity contribution in [3.63, 3.8) is 0 Å². The Labute approximate surface area is 255 Å². The van der Waals surface area contributed by atoms with Gasteiger partial charge in [-0.1, -0.05) is 109 Å². The summed E-state index contributed by atoms with van der Waals surface area (Å²) in [5, 5.41) is 30.1. The molecule has 0 spiro atoms. The van der Waals surface area contributed by atoms with Crippen LogP contribution in [-0.2, 0) is 10.2 Å². The highest BCUT2D eigenvalue weighted by molar-refractivity contribution is 5.66. The van der Waals surface area contributed by atoms with E-state index in [1.807, 2.05) is 19.1 Å². The molecule has 5 heteroatoms. The second kappa shape index (κ2) is 17.5. The number of aryl methyl sites for hydroxylation is 2. The van der Waals surface area contributed by atoms with E-state index in [0.717, 1.165) is 36.8 Å². The molecular formula is C37H56O5. The molecule has 0 fully saturated rings. The van der Waals surface area contributed by atoms with Crippen LogP contribution >= 0.6 is 0 Å². The third-order valence-corrected chi connectivity index (χ3v) is 9.03. The van der Waals surface area contributed by atoms with E-state index >= 15 is 0 Å². The van der Waals surface area contributed by atoms with Gasteiger partial charge in [0.05, 0.1) is 11.7 Å². The Morgan fingerprint density at radius 3 is 2.07 bits per heavy atom. The average Bonchev–Trinajstić information content (AvgIpc) is 2.98. The average molecular weight is 581 g/mol. The van der Waals surface area contributed by atoms with E-state index in [1.165, 1.54) is 48.8 Å². The Bertz CT molecular complexity index is 1130. The number of rotatable bonds is 20. The third-order valence-electron chi connectivity index (χ3n) is 9.03. The Morgan fingerprint density at radius 2 is 1.50 bits per heavy atom. The van der Waals surface area contributed by atoms with E-state index < -0.39 is 17.7 Å². The largest absolute Gasteiger partial charge is 0.491 e. The molecule has 42 heavy (non-hydrogen) atoms. The maximum absolute atomic E-state index is 11.2. The molecule has 0 aromatic heterocycles. The van der Waals surface area contributed by atoms with E-state index in [0.29, 0.717) is 12.2 Å². The molecule has 0 saturated carbocycles. The first-order valence-electron chi connectivity index (χ1n) is 16.2. The van der Waals surface area contributed by atoms with Gasteiger partial charge in [-0.05, 0) is 79.8 Å². The molecule has 0 bridgehead atoms. The molecule has 0 aliphatic carbocycles. The van der Waals surface area contributed by atoms with Crippen LogP contribution in [0.5, 0.6) is 5.75 Å². The van der Waals surface area contributed by atoms with Gasteiger partial charge in [0.1, 0.15) is 12.4 Å². The molecule has 0 amide bonds. The van der Waals surface area contributed by atoms with E-state index in [2.05, 4.69) is 71.0 Å². The Hall–Kier alpha value is -2.63. The number of carboxylic acids is 1. The summed E-state index contributed by atoms with van der Waals surface area (Å²) in [6.07, 6.45) is 14.1. The van der Waals surface area contributed by atoms with Crippen molar-refractivity contribution in [1.82, 2.24) is 0 Å². The molecule has 3 N–H and O–H groups in total. The number of carboxylic acid groups (broad SMARTS) is 1. The molecule has 234 valence electrons. The number of benzene rings is 2. The minimum absolute atomic E-state index is 0.0699. The summed E-state index contributed by atoms with van der Waals surface area (Å²) in [6.45, 7) is 13.0. The summed E-state index contributed by atoms with van der Waals surface area (Å²) in [6, 6.07) is 13.0. The fourth-order valence-corrected chi connectivity index (χ4v) is 5.90. The fraction of sp³-hybridized carbons (Fsp3) is 0.595. The molecule has 2 atom stereocenters. The lowest BCUT2D eigenvalue weighted by atomic mass is 9.70. The second-order valence-electron chi connectivity index (χ2n) is 12.0. The normalized spacial score (nSPS) is 14.2. The van der Waals surface area contributed by atoms with Crippen molar-refractivity contribution in [3.8, 4) is 5.75 Å². The number of aliphatic carboxylic acids is 1. The van der Waals surface area contributed by atoms with Crippen molar-refractivity contribution < 1.29 is 24.9 Å². The minimum atomic E-state index is -0.921. The third kappa shape index (κ3) is 10.3. The van der Waals surface area contributed by atoms with Gasteiger partial charge in [-0.25, -0.2) is 0 Å². The first-order chi connectivity index (χ1) is 20.0. The van der Waals surface area contributed by atoms with Gasteiger partial charge in [-0.15, -0.1) is 0 Å². The number of unbranched alkanes of at least 4 members (excludes halogenated alkanes) is 5. The van der Waals surface area contributed by atoms with Crippen LogP contribution in [0.1, 0.15) is 133 Å². The van der Waals surface area contributed by atoms with E-state index in [-0.39, 0.29) is 24.9 Å². The molecular weight excluding hydrogens is 524 g/mol. The molecule has 2 aromatic rings. The maximum Gasteiger partial charge on any atom is 0.303 e. The molecule has 0 saturated heterocycles. The highest BCUT2D eigenvalue weighted by Gasteiger charge is 2.31. The van der Waals surface area contributed by atoms with Crippen molar-refractivity contribution >= 4 is 12.0 Å². The highest BCUT2D eigenvalue weighted by Crippen LogP contribution is 2.41. The first kappa shape index (κ1) is 35.6. The predicted molar refractivity (Wildman–Crippen MR) is 174 cm³/mol. The van der Waals surface area contributed by atoms with Crippen LogP contribution in [0, 0.1) is 13.8 Å². The van der Waals surface area contributed by atoms with Crippen molar-refractivity contribution in [1.29, 1.82) is 0 Å². The number of hydrogen-bond donors (Lipinski definition) is 3. The monoisotopic (exact) mass is 580 g/mol. The summed E-state index contributed by atoms with van der Waals surface area (Å²) in [4.78, 5) is 10.8. The van der Waals surface area contributed by atoms with Crippen LogP contribution in [-0.4, -0.2) is 39.6 Å². The van der Waals surface area contributed by atoms with Crippen LogP contribution in [0.2, 0.25) is 0 Å². The quantitative estimate of drug-likeness (QED) is 0.136. The van der Waals surface area contributed by atoms with Crippen LogP contribution < -0.4 is 4.74 Å². The van der Waals surface area contributed by atoms with E-state index in [4.69, 9.17) is 9.84 Å². The lowest BCUT2D eigenvalue weighted by Crippen LogP contribution is -2.26. The molecule has 0 aliphatic heterocycles. The number of aliphatic hydroxyl groups excluding tert-OH is 1. The van der Waals surface area contributed by atoms with Crippen molar-refractivity contribution in [2.45, 2.75) is 136 Å². The minimum Gasteiger partial charge on any atom is -0.491 e. The van der Waals surface area contributed by atoms with Gasteiger partial charge in [-0.3, -0.25) is 4.79 Å². The topological polar surface area (TPSA) is 87.0 Å². The summed E-state index contributed by atoms with van der Waals surface area (Å²) in [5.41, 5.74) is 4.91. The number of hydrogen-bond acceptors (Lipinski definition) is 4. The van der Waals surface area contributed by atoms with E-state index in [9.17, 15) is 15.0 Å². The number of ether oxygens (including phenoxy) is 1. The molecule has 5 nitrogen and oxygen atoms in total. The first-order valence-corrected chi connectivity index (χ1v) is 16.2. The van der Waals surface area contributed by atoms with Gasteiger partial charge in [-0.2, -0.15) is 0 Å². The van der Waals surface area contributed by atoms with Crippen molar-refractivity contribution in [2.24, 2.45) is 0 Å². The van der Waals surface area contributed by atoms with Gasteiger partial charge in [0.15, 0.2) is 0 Å². The lowest BCUT2D eigenvalue weighted by Gasteiger charge is -2.34. The van der Waals surface area contributed by atoms with Gasteiger partial charge in [0.2, 0.25) is 0 Å². The van der Waals surface area contributed by atoms with Gasteiger partial charge in [0.25, 0.3) is 0 Å². The molecule has 0 aliphatic rings. The number of aliphatic hydroxyl groups is 2. The molecule has 1 unspecified atom stereocenters. The second-order valence-corrected chi connectivity index (χ2v) is 12.0. The van der Waals surface area contributed by atoms with Crippen LogP contribution in [0.4, 0.5) is 0 Å². The SMILES string of the molecule is CCCCCCCCC(O)(C=Cc1ccc(C(CC)(CC)c2ccc(OC[C@@H](O)CCC(=O)O)c(C)c2)cc1C)CC.